The van der Waals surface area contributed by atoms with Crippen molar-refractivity contribution in [1.29, 1.82) is 0 Å². The van der Waals surface area contributed by atoms with Crippen molar-refractivity contribution in [2.75, 3.05) is 52.0 Å². The Balaban J connectivity index is 3.39. The van der Waals surface area contributed by atoms with E-state index in [1.165, 1.54) is 0 Å². The van der Waals surface area contributed by atoms with Gasteiger partial charge in [0, 0.05) is 5.75 Å². The minimum Gasteiger partial charge on any atom is -0.463 e. The smallest absolute Gasteiger partial charge is 0.309 e. The molecule has 0 aliphatic heterocycles. The largest absolute Gasteiger partial charge is 0.463 e. The molecule has 6 heteroatoms. The van der Waals surface area contributed by atoms with Crippen molar-refractivity contribution < 1.29 is 23.7 Å². The highest BCUT2D eigenvalue weighted by molar-refractivity contribution is 7.80. The van der Waals surface area contributed by atoms with Gasteiger partial charge in [-0.05, 0) is 12.8 Å². The molecule has 0 N–H and O–H groups in total. The van der Waals surface area contributed by atoms with Crippen LogP contribution in [0.2, 0.25) is 0 Å². The Hall–Kier alpha value is -0.300. The lowest BCUT2D eigenvalue weighted by Gasteiger charge is -2.14. The zero-order valence-corrected chi connectivity index (χ0v) is 14.9. The topological polar surface area (TPSA) is 54.0 Å². The molecule has 132 valence electrons. The van der Waals surface area contributed by atoms with Crippen molar-refractivity contribution in [2.24, 2.45) is 5.92 Å². The molecule has 0 aromatic carbocycles. The number of carbonyl (C=O) groups excluding carboxylic acids is 1. The number of rotatable bonds is 16. The summed E-state index contributed by atoms with van der Waals surface area (Å²) in [5.41, 5.74) is 0. The molecule has 0 fully saturated rings. The van der Waals surface area contributed by atoms with Crippen LogP contribution in [0, 0.1) is 5.92 Å². The van der Waals surface area contributed by atoms with Crippen LogP contribution < -0.4 is 0 Å². The summed E-state index contributed by atoms with van der Waals surface area (Å²) in [4.78, 5) is 11.9. The maximum atomic E-state index is 11.9. The van der Waals surface area contributed by atoms with Crippen molar-refractivity contribution in [1.82, 2.24) is 0 Å². The lowest BCUT2D eigenvalue weighted by atomic mass is 9.99. The van der Waals surface area contributed by atoms with E-state index in [4.69, 9.17) is 18.9 Å². The van der Waals surface area contributed by atoms with Gasteiger partial charge in [-0.15, -0.1) is 0 Å². The third kappa shape index (κ3) is 13.4. The fourth-order valence-corrected chi connectivity index (χ4v) is 2.13. The van der Waals surface area contributed by atoms with Crippen LogP contribution in [0.5, 0.6) is 0 Å². The van der Waals surface area contributed by atoms with E-state index >= 15 is 0 Å². The zero-order chi connectivity index (χ0) is 16.5. The maximum Gasteiger partial charge on any atom is 0.309 e. The number of esters is 1. The third-order valence-electron chi connectivity index (χ3n) is 3.06. The van der Waals surface area contributed by atoms with E-state index in [2.05, 4.69) is 26.5 Å². The van der Waals surface area contributed by atoms with Crippen LogP contribution in [-0.2, 0) is 23.7 Å². The summed E-state index contributed by atoms with van der Waals surface area (Å²) < 4.78 is 21.1. The Morgan fingerprint density at radius 1 is 0.818 bits per heavy atom. The molecule has 0 aromatic heterocycles. The predicted octanol–water partition coefficient (Wildman–Crippen LogP) is 2.73. The predicted molar refractivity (Wildman–Crippen MR) is 90.6 cm³/mol. The molecule has 0 aromatic rings. The van der Waals surface area contributed by atoms with Crippen LogP contribution in [0.1, 0.15) is 39.5 Å². The molecule has 0 rings (SSSR count). The molecule has 0 spiro atoms. The summed E-state index contributed by atoms with van der Waals surface area (Å²) >= 11 is 4.04. The lowest BCUT2D eigenvalue weighted by Crippen LogP contribution is -2.20. The minimum atomic E-state index is -0.0927. The number of hydrogen-bond donors (Lipinski definition) is 1. The molecule has 0 heterocycles. The average Bonchev–Trinajstić information content (AvgIpc) is 2.52. The molecule has 0 saturated heterocycles. The quantitative estimate of drug-likeness (QED) is 0.267. The Bertz CT molecular complexity index is 245. The number of carbonyl (C=O) groups is 1. The highest BCUT2D eigenvalue weighted by atomic mass is 32.1. The minimum absolute atomic E-state index is 0.0376. The van der Waals surface area contributed by atoms with Gasteiger partial charge in [0.25, 0.3) is 0 Å². The summed E-state index contributed by atoms with van der Waals surface area (Å²) in [7, 11) is 0. The molecule has 0 radical (unpaired) electrons. The fraction of sp³-hybridized carbons (Fsp3) is 0.938. The highest BCUT2D eigenvalue weighted by Gasteiger charge is 2.17. The van der Waals surface area contributed by atoms with Gasteiger partial charge in [-0.25, -0.2) is 0 Å². The Morgan fingerprint density at radius 3 is 1.73 bits per heavy atom. The second-order valence-electron chi connectivity index (χ2n) is 5.00. The normalized spacial score (nSPS) is 11.1. The standard InChI is InChI=1S/C16H32O5S/c1-3-5-15(6-4-2)16(17)21-12-11-19-8-7-18-9-10-20-13-14-22/h15,22H,3-14H2,1-2H3. The van der Waals surface area contributed by atoms with E-state index in [0.717, 1.165) is 31.4 Å². The molecule has 0 atom stereocenters. The molecule has 5 nitrogen and oxygen atoms in total. The number of hydrogen-bond acceptors (Lipinski definition) is 6. The van der Waals surface area contributed by atoms with Crippen molar-refractivity contribution in [3.05, 3.63) is 0 Å². The molecule has 0 bridgehead atoms. The van der Waals surface area contributed by atoms with Gasteiger partial charge in [0.15, 0.2) is 0 Å². The molecule has 0 aliphatic carbocycles. The second-order valence-corrected chi connectivity index (χ2v) is 5.45. The number of ether oxygens (including phenoxy) is 4. The van der Waals surface area contributed by atoms with E-state index in [1.807, 2.05) is 0 Å². The van der Waals surface area contributed by atoms with Crippen LogP contribution in [0.3, 0.4) is 0 Å². The second kappa shape index (κ2) is 17.1. The summed E-state index contributed by atoms with van der Waals surface area (Å²) in [6.07, 6.45) is 3.81. The van der Waals surface area contributed by atoms with E-state index in [1.54, 1.807) is 0 Å². The molecule has 0 aliphatic rings. The van der Waals surface area contributed by atoms with Gasteiger partial charge in [0.2, 0.25) is 0 Å². The fourth-order valence-electron chi connectivity index (χ4n) is 2.00. The van der Waals surface area contributed by atoms with Gasteiger partial charge in [0.1, 0.15) is 6.61 Å². The summed E-state index contributed by atoms with van der Waals surface area (Å²) in [6, 6.07) is 0. The first-order valence-electron chi connectivity index (χ1n) is 8.26. The van der Waals surface area contributed by atoms with Crippen LogP contribution in [0.4, 0.5) is 0 Å². The van der Waals surface area contributed by atoms with Crippen LogP contribution >= 0.6 is 12.6 Å². The van der Waals surface area contributed by atoms with Crippen LogP contribution in [-0.4, -0.2) is 58.0 Å². The SMILES string of the molecule is CCCC(CCC)C(=O)OCCOCCOCCOCCS. The van der Waals surface area contributed by atoms with Crippen LogP contribution in [0.15, 0.2) is 0 Å². The van der Waals surface area contributed by atoms with Gasteiger partial charge in [-0.3, -0.25) is 4.79 Å². The summed E-state index contributed by atoms with van der Waals surface area (Å²) in [5, 5.41) is 0. The van der Waals surface area contributed by atoms with E-state index in [9.17, 15) is 4.79 Å². The van der Waals surface area contributed by atoms with Crippen molar-refractivity contribution in [3.8, 4) is 0 Å². The van der Waals surface area contributed by atoms with Crippen molar-refractivity contribution in [2.45, 2.75) is 39.5 Å². The Morgan fingerprint density at radius 2 is 1.27 bits per heavy atom. The van der Waals surface area contributed by atoms with Gasteiger partial charge in [-0.2, -0.15) is 12.6 Å². The molecule has 22 heavy (non-hydrogen) atoms. The third-order valence-corrected chi connectivity index (χ3v) is 3.24. The molecular formula is C16H32O5S. The highest BCUT2D eigenvalue weighted by Crippen LogP contribution is 2.15. The Labute approximate surface area is 140 Å². The molecular weight excluding hydrogens is 304 g/mol. The van der Waals surface area contributed by atoms with E-state index in [0.29, 0.717) is 46.2 Å². The molecule has 0 unspecified atom stereocenters. The van der Waals surface area contributed by atoms with Gasteiger partial charge in [0.05, 0.1) is 45.6 Å². The monoisotopic (exact) mass is 336 g/mol. The summed E-state index contributed by atoms with van der Waals surface area (Å²) in [6.45, 7) is 7.70. The average molecular weight is 336 g/mol. The van der Waals surface area contributed by atoms with Gasteiger partial charge < -0.3 is 18.9 Å². The van der Waals surface area contributed by atoms with Gasteiger partial charge >= 0.3 is 5.97 Å². The van der Waals surface area contributed by atoms with Gasteiger partial charge in [-0.1, -0.05) is 26.7 Å². The lowest BCUT2D eigenvalue weighted by molar-refractivity contribution is -0.150. The van der Waals surface area contributed by atoms with E-state index < -0.39 is 0 Å². The zero-order valence-electron chi connectivity index (χ0n) is 14.1. The first-order valence-corrected chi connectivity index (χ1v) is 8.90. The van der Waals surface area contributed by atoms with Crippen molar-refractivity contribution >= 4 is 18.6 Å². The Kier molecular flexibility index (Phi) is 16.8. The van der Waals surface area contributed by atoms with E-state index in [-0.39, 0.29) is 11.9 Å². The summed E-state index contributed by atoms with van der Waals surface area (Å²) in [5.74, 6) is 0.666. The maximum absolute atomic E-state index is 11.9. The first-order chi connectivity index (χ1) is 10.8. The molecule has 0 amide bonds. The van der Waals surface area contributed by atoms with Crippen LogP contribution in [0.25, 0.3) is 0 Å². The molecule has 0 saturated carbocycles. The first kappa shape index (κ1) is 21.7. The number of thiol groups is 1. The van der Waals surface area contributed by atoms with Crippen molar-refractivity contribution in [3.63, 3.8) is 0 Å².